The summed E-state index contributed by atoms with van der Waals surface area (Å²) in [6, 6.07) is 102. The maximum absolute atomic E-state index is 4.52. The summed E-state index contributed by atoms with van der Waals surface area (Å²) < 4.78 is 0. The number of hydrogen-bond donors (Lipinski definition) is 1. The number of anilines is 5. The first-order chi connectivity index (χ1) is 39.2. The number of para-hydroxylation sites is 3. The second-order valence-electron chi connectivity index (χ2n) is 19.9. The van der Waals surface area contributed by atoms with Gasteiger partial charge in [-0.25, -0.2) is 0 Å². The lowest BCUT2D eigenvalue weighted by atomic mass is 9.84. The molecular formula is C73H56N4S2. The smallest absolute Gasteiger partial charge is 0.0592 e. The Balaban J connectivity index is 1.03. The van der Waals surface area contributed by atoms with E-state index in [1.54, 1.807) is 0 Å². The first-order valence-corrected chi connectivity index (χ1v) is 30.2. The number of pyridine rings is 1. The molecule has 2 aliphatic rings. The zero-order valence-corrected chi connectivity index (χ0v) is 45.4. The number of aromatic nitrogens is 1. The van der Waals surface area contributed by atoms with Crippen LogP contribution in [0.2, 0.25) is 0 Å². The minimum atomic E-state index is -2.01. The van der Waals surface area contributed by atoms with Crippen LogP contribution in [-0.2, 0) is 0 Å². The van der Waals surface area contributed by atoms with Gasteiger partial charge in [0.15, 0.2) is 0 Å². The van der Waals surface area contributed by atoms with Crippen LogP contribution in [0.3, 0.4) is 0 Å². The van der Waals surface area contributed by atoms with Crippen LogP contribution in [0, 0.1) is 0 Å². The average Bonchev–Trinajstić information content (AvgIpc) is 3.55. The second kappa shape index (κ2) is 20.2. The number of allylic oxidation sites excluding steroid dienone is 2. The number of dihydropyridines is 1. The molecular weight excluding hydrogens is 997 g/mol. The van der Waals surface area contributed by atoms with Crippen LogP contribution in [0.15, 0.2) is 343 Å². The van der Waals surface area contributed by atoms with Gasteiger partial charge in [-0.3, -0.25) is 4.98 Å². The lowest BCUT2D eigenvalue weighted by Gasteiger charge is -2.49. The lowest BCUT2D eigenvalue weighted by molar-refractivity contribution is 0.976. The van der Waals surface area contributed by atoms with Gasteiger partial charge in [0.2, 0.25) is 0 Å². The zero-order valence-electron chi connectivity index (χ0n) is 43.7. The van der Waals surface area contributed by atoms with Crippen molar-refractivity contribution in [2.75, 3.05) is 23.4 Å². The second-order valence-corrected chi connectivity index (χ2v) is 26.1. The molecule has 79 heavy (non-hydrogen) atoms. The van der Waals surface area contributed by atoms with E-state index in [0.717, 1.165) is 29.2 Å². The predicted octanol–water partition coefficient (Wildman–Crippen LogP) is 19.8. The summed E-state index contributed by atoms with van der Waals surface area (Å²) in [4.78, 5) is 19.9. The summed E-state index contributed by atoms with van der Waals surface area (Å²) in [5, 5.41) is 8.16. The highest BCUT2D eigenvalue weighted by Gasteiger charge is 2.43. The Labute approximate surface area is 466 Å². The lowest BCUT2D eigenvalue weighted by Crippen LogP contribution is -2.21. The Kier molecular flexibility index (Phi) is 12.3. The molecule has 6 heteroatoms. The molecule has 4 nitrogen and oxygen atoms in total. The van der Waals surface area contributed by atoms with Crippen LogP contribution in [0.5, 0.6) is 0 Å². The third kappa shape index (κ3) is 7.81. The SMILES string of the molecule is CN(c1ccc2c(C3=CCNC=C3)c(-c3ccncc3)c3ccc(N4c5ccccc5S(c5ccccc5)(c5ccccc5)c5ccccc54)cc3c2c1)c1ccccc1S(c1ccccc1)(c1ccccc1)c1ccccc1. The fourth-order valence-electron chi connectivity index (χ4n) is 12.3. The summed E-state index contributed by atoms with van der Waals surface area (Å²) in [6.07, 6.45) is 10.5. The fraction of sp³-hybridized carbons (Fsp3) is 0.0274. The molecule has 0 amide bonds. The molecule has 380 valence electrons. The molecule has 1 N–H and O–H groups in total. The van der Waals surface area contributed by atoms with Crippen LogP contribution in [-0.4, -0.2) is 18.6 Å². The molecule has 0 aliphatic carbocycles. The summed E-state index contributed by atoms with van der Waals surface area (Å²) >= 11 is 0. The van der Waals surface area contributed by atoms with Crippen molar-refractivity contribution in [2.45, 2.75) is 39.2 Å². The van der Waals surface area contributed by atoms with Gasteiger partial charge in [0.05, 0.1) is 17.1 Å². The molecule has 14 rings (SSSR count). The Hall–Kier alpha value is -9.33. The van der Waals surface area contributed by atoms with Crippen molar-refractivity contribution < 1.29 is 0 Å². The Morgan fingerprint density at radius 1 is 0.468 bits per heavy atom. The molecule has 0 saturated carbocycles. The van der Waals surface area contributed by atoms with E-state index in [4.69, 9.17) is 0 Å². The van der Waals surface area contributed by atoms with Gasteiger partial charge in [0.25, 0.3) is 0 Å². The first-order valence-electron chi connectivity index (χ1n) is 26.9. The van der Waals surface area contributed by atoms with Gasteiger partial charge in [-0.05, 0) is 190 Å². The van der Waals surface area contributed by atoms with E-state index in [1.165, 1.54) is 88.8 Å². The van der Waals surface area contributed by atoms with Crippen LogP contribution < -0.4 is 15.1 Å². The molecule has 2 aliphatic heterocycles. The monoisotopic (exact) mass is 1050 g/mol. The van der Waals surface area contributed by atoms with Gasteiger partial charge in [0.1, 0.15) is 0 Å². The molecule has 12 aromatic rings. The van der Waals surface area contributed by atoms with E-state index in [2.05, 4.69) is 318 Å². The minimum Gasteiger partial charge on any atom is -0.387 e. The largest absolute Gasteiger partial charge is 0.387 e. The molecule has 0 spiro atoms. The number of benzene rings is 11. The molecule has 3 heterocycles. The van der Waals surface area contributed by atoms with Crippen LogP contribution in [0.25, 0.3) is 38.2 Å². The molecule has 0 saturated heterocycles. The number of nitrogens with zero attached hydrogens (tertiary/aromatic N) is 3. The molecule has 0 fully saturated rings. The number of fused-ring (bicyclic) bond motifs is 5. The van der Waals surface area contributed by atoms with Crippen molar-refractivity contribution in [2.24, 2.45) is 0 Å². The molecule has 0 bridgehead atoms. The number of rotatable bonds is 11. The number of nitrogens with one attached hydrogen (secondary N) is 1. The predicted molar refractivity (Wildman–Crippen MR) is 333 cm³/mol. The van der Waals surface area contributed by atoms with E-state index in [0.29, 0.717) is 0 Å². The van der Waals surface area contributed by atoms with Crippen molar-refractivity contribution >= 4 is 75.6 Å². The third-order valence-electron chi connectivity index (χ3n) is 15.7. The summed E-state index contributed by atoms with van der Waals surface area (Å²) in [7, 11) is -1.69. The maximum Gasteiger partial charge on any atom is 0.0592 e. The molecule has 0 atom stereocenters. The van der Waals surface area contributed by atoms with Gasteiger partial charge in [-0.15, -0.1) is 20.1 Å². The summed E-state index contributed by atoms with van der Waals surface area (Å²) in [6.45, 7) is 0.745. The van der Waals surface area contributed by atoms with Gasteiger partial charge in [0, 0.05) is 76.5 Å². The summed E-state index contributed by atoms with van der Waals surface area (Å²) in [5.74, 6) is 0. The molecule has 11 aromatic carbocycles. The van der Waals surface area contributed by atoms with Crippen molar-refractivity contribution in [1.29, 1.82) is 0 Å². The normalized spacial score (nSPS) is 14.1. The van der Waals surface area contributed by atoms with Gasteiger partial charge < -0.3 is 15.1 Å². The minimum absolute atomic E-state index is 0.745. The van der Waals surface area contributed by atoms with Gasteiger partial charge >= 0.3 is 0 Å². The fourth-order valence-corrected chi connectivity index (χ4v) is 20.6. The highest BCUT2D eigenvalue weighted by atomic mass is 32.3. The van der Waals surface area contributed by atoms with Crippen molar-refractivity contribution in [3.05, 3.63) is 309 Å². The Bertz CT molecular complexity index is 4080. The van der Waals surface area contributed by atoms with E-state index >= 15 is 0 Å². The molecule has 1 aromatic heterocycles. The molecule has 0 radical (unpaired) electrons. The van der Waals surface area contributed by atoms with Crippen LogP contribution in [0.4, 0.5) is 28.4 Å². The highest BCUT2D eigenvalue weighted by Crippen LogP contribution is 2.80. The van der Waals surface area contributed by atoms with Crippen molar-refractivity contribution in [1.82, 2.24) is 10.3 Å². The Morgan fingerprint density at radius 3 is 1.53 bits per heavy atom. The van der Waals surface area contributed by atoms with E-state index in [1.807, 2.05) is 12.4 Å². The quantitative estimate of drug-likeness (QED) is 0.131. The average molecular weight is 1050 g/mol. The van der Waals surface area contributed by atoms with E-state index in [-0.39, 0.29) is 0 Å². The maximum atomic E-state index is 4.52. The van der Waals surface area contributed by atoms with Crippen molar-refractivity contribution in [3.8, 4) is 11.1 Å². The van der Waals surface area contributed by atoms with E-state index < -0.39 is 20.1 Å². The zero-order chi connectivity index (χ0) is 52.8. The highest BCUT2D eigenvalue weighted by molar-refractivity contribution is 8.34. The third-order valence-corrected chi connectivity index (χ3v) is 23.6. The standard InChI is InChI=1S/C73H56N4S2/c1-76(66-33-17-20-36-69(66)78(57-23-7-2-8-24-57,58-25-9-3-10-26-58)59-27-11-4-12-28-59)55-39-41-62-64(51-55)65-52-56(40-42-63(65)73(54-45-49-75-50-46-54)72(62)53-43-47-74-48-44-53)77-67-34-18-21-37-70(67)79(60-29-13-5-14-30-60,61-31-15-6-16-32-61)71-38-22-19-35-68(71)77/h2-47,49-52,74H,48H2,1H3. The van der Waals surface area contributed by atoms with Gasteiger partial charge in [-0.1, -0.05) is 146 Å². The van der Waals surface area contributed by atoms with Crippen LogP contribution >= 0.6 is 20.1 Å². The topological polar surface area (TPSA) is 31.4 Å². The first kappa shape index (κ1) is 48.1. The number of hydrogen-bond acceptors (Lipinski definition) is 4. The molecule has 0 unspecified atom stereocenters. The van der Waals surface area contributed by atoms with Crippen LogP contribution in [0.1, 0.15) is 5.56 Å². The Morgan fingerprint density at radius 2 is 0.962 bits per heavy atom. The van der Waals surface area contributed by atoms with Crippen molar-refractivity contribution in [3.63, 3.8) is 0 Å². The van der Waals surface area contributed by atoms with E-state index in [9.17, 15) is 0 Å². The summed E-state index contributed by atoms with van der Waals surface area (Å²) in [5.41, 5.74) is 10.4. The van der Waals surface area contributed by atoms with Gasteiger partial charge in [-0.2, -0.15) is 0 Å².